The third-order valence-corrected chi connectivity index (χ3v) is 8.96. The number of amides is 1. The minimum Gasteiger partial charge on any atom is -0.379 e. The molecule has 2 aliphatic rings. The van der Waals surface area contributed by atoms with Gasteiger partial charge in [-0.3, -0.25) is 9.69 Å². The second kappa shape index (κ2) is 9.47. The van der Waals surface area contributed by atoms with E-state index in [0.717, 1.165) is 31.9 Å². The highest BCUT2D eigenvalue weighted by atomic mass is 32.2. The first-order valence-corrected chi connectivity index (χ1v) is 12.3. The van der Waals surface area contributed by atoms with Crippen molar-refractivity contribution < 1.29 is 9.53 Å². The fourth-order valence-corrected chi connectivity index (χ4v) is 7.13. The van der Waals surface area contributed by atoms with Gasteiger partial charge in [-0.2, -0.15) is 0 Å². The van der Waals surface area contributed by atoms with E-state index in [4.69, 9.17) is 4.74 Å². The Balaban J connectivity index is 1.38. The molecule has 2 aliphatic heterocycles. The summed E-state index contributed by atoms with van der Waals surface area (Å²) in [6.45, 7) is 3.95. The summed E-state index contributed by atoms with van der Waals surface area (Å²) in [7, 11) is 0. The van der Waals surface area contributed by atoms with E-state index in [0.29, 0.717) is 11.1 Å². The first-order chi connectivity index (χ1) is 13.3. The second-order valence-electron chi connectivity index (χ2n) is 6.59. The number of carbonyl (C=O) groups excluding carboxylic acids is 1. The first-order valence-electron chi connectivity index (χ1n) is 9.28. The standard InChI is InChI=1S/C20H24N2O2S3/c23-19(15-3-5-16(6-4-15)20-26-12-13-27-20)21-14-17(18-2-1-11-25-18)22-7-9-24-10-8-22/h1-6,11,17,20H,7-10,12-14H2,(H,21,23). The van der Waals surface area contributed by atoms with Gasteiger partial charge in [0.05, 0.1) is 23.8 Å². The number of thiophene rings is 1. The predicted molar refractivity (Wildman–Crippen MR) is 116 cm³/mol. The van der Waals surface area contributed by atoms with Crippen LogP contribution in [-0.4, -0.2) is 55.2 Å². The molecule has 0 radical (unpaired) electrons. The molecule has 144 valence electrons. The molecule has 0 bridgehead atoms. The molecular formula is C20H24N2O2S3. The van der Waals surface area contributed by atoms with Gasteiger partial charge in [0.1, 0.15) is 0 Å². The summed E-state index contributed by atoms with van der Waals surface area (Å²) in [5.74, 6) is 2.43. The van der Waals surface area contributed by atoms with Gasteiger partial charge >= 0.3 is 0 Å². The Kier molecular flexibility index (Phi) is 6.78. The zero-order valence-electron chi connectivity index (χ0n) is 15.1. The number of nitrogens with zero attached hydrogens (tertiary/aromatic N) is 1. The smallest absolute Gasteiger partial charge is 0.251 e. The van der Waals surface area contributed by atoms with Crippen molar-refractivity contribution in [3.05, 3.63) is 57.8 Å². The summed E-state index contributed by atoms with van der Waals surface area (Å²) in [5.41, 5.74) is 2.04. The molecular weight excluding hydrogens is 396 g/mol. The van der Waals surface area contributed by atoms with Gasteiger partial charge in [-0.1, -0.05) is 18.2 Å². The molecule has 4 rings (SSSR count). The molecule has 1 amide bonds. The van der Waals surface area contributed by atoms with E-state index in [2.05, 4.69) is 39.9 Å². The van der Waals surface area contributed by atoms with Crippen molar-refractivity contribution >= 4 is 40.8 Å². The number of morpholine rings is 1. The fraction of sp³-hybridized carbons (Fsp3) is 0.450. The number of hydrogen-bond acceptors (Lipinski definition) is 6. The third kappa shape index (κ3) is 4.90. The van der Waals surface area contributed by atoms with E-state index in [9.17, 15) is 4.79 Å². The Labute approximate surface area is 173 Å². The molecule has 3 heterocycles. The highest BCUT2D eigenvalue weighted by Crippen LogP contribution is 2.45. The Morgan fingerprint density at radius 2 is 1.89 bits per heavy atom. The summed E-state index contributed by atoms with van der Waals surface area (Å²) < 4.78 is 6.01. The maximum atomic E-state index is 12.7. The van der Waals surface area contributed by atoms with E-state index in [1.807, 2.05) is 35.7 Å². The lowest BCUT2D eigenvalue weighted by molar-refractivity contribution is 0.0169. The van der Waals surface area contributed by atoms with E-state index in [-0.39, 0.29) is 11.9 Å². The number of nitrogens with one attached hydrogen (secondary N) is 1. The van der Waals surface area contributed by atoms with Gasteiger partial charge < -0.3 is 10.1 Å². The quantitative estimate of drug-likeness (QED) is 0.764. The van der Waals surface area contributed by atoms with Gasteiger partial charge in [0.2, 0.25) is 0 Å². The van der Waals surface area contributed by atoms with E-state index in [1.54, 1.807) is 11.3 Å². The topological polar surface area (TPSA) is 41.6 Å². The molecule has 0 spiro atoms. The second-order valence-corrected chi connectivity index (χ2v) is 10.3. The molecule has 1 N–H and O–H groups in total. The van der Waals surface area contributed by atoms with Gasteiger partial charge in [0, 0.05) is 41.6 Å². The number of hydrogen-bond donors (Lipinski definition) is 1. The van der Waals surface area contributed by atoms with Gasteiger partial charge in [-0.15, -0.1) is 34.9 Å². The molecule has 1 atom stereocenters. The highest BCUT2D eigenvalue weighted by Gasteiger charge is 2.24. The Morgan fingerprint density at radius 1 is 1.15 bits per heavy atom. The molecule has 2 aromatic rings. The third-order valence-electron chi connectivity index (χ3n) is 4.88. The monoisotopic (exact) mass is 420 g/mol. The van der Waals surface area contributed by atoms with Crippen molar-refractivity contribution in [2.75, 3.05) is 44.4 Å². The van der Waals surface area contributed by atoms with Crippen LogP contribution >= 0.6 is 34.9 Å². The van der Waals surface area contributed by atoms with Crippen molar-refractivity contribution in [2.45, 2.75) is 10.6 Å². The van der Waals surface area contributed by atoms with Crippen LogP contribution in [0.15, 0.2) is 41.8 Å². The van der Waals surface area contributed by atoms with Crippen molar-refractivity contribution in [3.63, 3.8) is 0 Å². The van der Waals surface area contributed by atoms with Crippen LogP contribution in [-0.2, 0) is 4.74 Å². The molecule has 27 heavy (non-hydrogen) atoms. The lowest BCUT2D eigenvalue weighted by Gasteiger charge is -2.34. The van der Waals surface area contributed by atoms with Crippen molar-refractivity contribution in [1.29, 1.82) is 0 Å². The Bertz CT molecular complexity index is 724. The average molecular weight is 421 g/mol. The largest absolute Gasteiger partial charge is 0.379 e. The van der Waals surface area contributed by atoms with Crippen LogP contribution in [0.2, 0.25) is 0 Å². The maximum absolute atomic E-state index is 12.7. The molecule has 1 aromatic heterocycles. The molecule has 2 saturated heterocycles. The van der Waals surface area contributed by atoms with Gasteiger partial charge in [0.15, 0.2) is 0 Å². The average Bonchev–Trinajstić information content (AvgIpc) is 3.43. The van der Waals surface area contributed by atoms with Crippen LogP contribution in [0, 0.1) is 0 Å². The van der Waals surface area contributed by atoms with Crippen molar-refractivity contribution in [3.8, 4) is 0 Å². The number of ether oxygens (including phenoxy) is 1. The van der Waals surface area contributed by atoms with E-state index < -0.39 is 0 Å². The Morgan fingerprint density at radius 3 is 2.56 bits per heavy atom. The van der Waals surface area contributed by atoms with Crippen molar-refractivity contribution in [2.24, 2.45) is 0 Å². The molecule has 2 fully saturated rings. The lowest BCUT2D eigenvalue weighted by atomic mass is 10.1. The van der Waals surface area contributed by atoms with Crippen LogP contribution in [0.3, 0.4) is 0 Å². The van der Waals surface area contributed by atoms with Crippen LogP contribution in [0.5, 0.6) is 0 Å². The molecule has 0 aliphatic carbocycles. The van der Waals surface area contributed by atoms with Gasteiger partial charge in [-0.05, 0) is 29.1 Å². The van der Waals surface area contributed by atoms with Crippen molar-refractivity contribution in [1.82, 2.24) is 10.2 Å². The zero-order chi connectivity index (χ0) is 18.5. The van der Waals surface area contributed by atoms with Gasteiger partial charge in [-0.25, -0.2) is 0 Å². The number of benzene rings is 1. The minimum atomic E-state index is 0.00286. The molecule has 0 saturated carbocycles. The van der Waals surface area contributed by atoms with Crippen LogP contribution in [0.1, 0.15) is 31.4 Å². The summed E-state index contributed by atoms with van der Waals surface area (Å²) >= 11 is 5.72. The fourth-order valence-electron chi connectivity index (χ4n) is 3.41. The van der Waals surface area contributed by atoms with Crippen LogP contribution < -0.4 is 5.32 Å². The normalized spacial score (nSPS) is 19.9. The molecule has 4 nitrogen and oxygen atoms in total. The summed E-state index contributed by atoms with van der Waals surface area (Å²) in [6.07, 6.45) is 0. The molecule has 1 aromatic carbocycles. The SMILES string of the molecule is O=C(NCC(c1cccs1)N1CCOCC1)c1ccc(C2SCCS2)cc1. The molecule has 7 heteroatoms. The Hall–Kier alpha value is -0.990. The van der Waals surface area contributed by atoms with Crippen LogP contribution in [0.4, 0.5) is 0 Å². The first kappa shape index (κ1) is 19.3. The highest BCUT2D eigenvalue weighted by molar-refractivity contribution is 8.19. The van der Waals surface area contributed by atoms with E-state index in [1.165, 1.54) is 21.9 Å². The number of carbonyl (C=O) groups is 1. The van der Waals surface area contributed by atoms with Gasteiger partial charge in [0.25, 0.3) is 5.91 Å². The number of rotatable bonds is 6. The minimum absolute atomic E-state index is 0.00286. The lowest BCUT2D eigenvalue weighted by Crippen LogP contribution is -2.43. The van der Waals surface area contributed by atoms with E-state index >= 15 is 0 Å². The number of thioether (sulfide) groups is 2. The summed E-state index contributed by atoms with van der Waals surface area (Å²) in [6, 6.07) is 12.6. The molecule has 1 unspecified atom stereocenters. The maximum Gasteiger partial charge on any atom is 0.251 e. The summed E-state index contributed by atoms with van der Waals surface area (Å²) in [4.78, 5) is 16.4. The summed E-state index contributed by atoms with van der Waals surface area (Å²) in [5, 5.41) is 5.25. The van der Waals surface area contributed by atoms with Crippen LogP contribution in [0.25, 0.3) is 0 Å². The zero-order valence-corrected chi connectivity index (χ0v) is 17.6. The predicted octanol–water partition coefficient (Wildman–Crippen LogP) is 4.03.